The highest BCUT2D eigenvalue weighted by Gasteiger charge is 2.61. The summed E-state index contributed by atoms with van der Waals surface area (Å²) >= 11 is 1.26. The number of methoxy groups -OCH3 is 1. The van der Waals surface area contributed by atoms with Crippen LogP contribution in [0.5, 0.6) is 11.5 Å². The number of rotatable bonds is 13. The molecule has 2 aromatic heterocycles. The van der Waals surface area contributed by atoms with Crippen LogP contribution < -0.4 is 25.4 Å². The Kier molecular flexibility index (Phi) is 12.1. The number of ether oxygens (including phenoxy) is 3. The number of aliphatic carboxylic acids is 1. The summed E-state index contributed by atoms with van der Waals surface area (Å²) in [6.45, 7) is 15.0. The largest absolute Gasteiger partial charge is 0.497 e. The zero-order valence-corrected chi connectivity index (χ0v) is 35.0. The maximum Gasteiger partial charge on any atom is 0.408 e. The van der Waals surface area contributed by atoms with Crippen LogP contribution in [0.2, 0.25) is 0 Å². The molecule has 3 aliphatic rings. The number of nitrogens with one attached hydrogen (secondary N) is 3. The van der Waals surface area contributed by atoms with E-state index in [0.29, 0.717) is 45.3 Å². The number of carbonyl (C=O) groups excluding carboxylic acids is 4. The number of likely N-dealkylation sites (tertiary alicyclic amines) is 1. The number of benzene rings is 1. The highest BCUT2D eigenvalue weighted by atomic mass is 32.1. The average Bonchev–Trinajstić information content (AvgIpc) is 3.55. The van der Waals surface area contributed by atoms with E-state index >= 15 is 0 Å². The van der Waals surface area contributed by atoms with Crippen LogP contribution >= 0.6 is 11.3 Å². The van der Waals surface area contributed by atoms with Crippen LogP contribution in [-0.2, 0) is 23.9 Å². The van der Waals surface area contributed by atoms with Gasteiger partial charge in [0.05, 0.1) is 24.9 Å². The topological polar surface area (TPSA) is 198 Å². The Morgan fingerprint density at radius 3 is 2.40 bits per heavy atom. The van der Waals surface area contributed by atoms with Crippen molar-refractivity contribution in [3.05, 3.63) is 42.3 Å². The second kappa shape index (κ2) is 16.5. The number of pyridine rings is 1. The zero-order chi connectivity index (χ0) is 42.2. The van der Waals surface area contributed by atoms with Crippen molar-refractivity contribution in [2.75, 3.05) is 19.0 Å². The fourth-order valence-corrected chi connectivity index (χ4v) is 8.34. The first kappa shape index (κ1) is 42.4. The Balaban J connectivity index is 1.31. The van der Waals surface area contributed by atoms with Gasteiger partial charge in [-0.15, -0.1) is 17.9 Å². The minimum atomic E-state index is -1.53. The lowest BCUT2D eigenvalue weighted by atomic mass is 9.85. The molecule has 16 heteroatoms. The first-order valence-corrected chi connectivity index (χ1v) is 20.5. The number of hydrogen-bond acceptors (Lipinski definition) is 11. The molecule has 1 saturated heterocycles. The molecule has 3 fully saturated rings. The number of carboxylic acids is 1. The quantitative estimate of drug-likeness (QED) is 0.141. The van der Waals surface area contributed by atoms with Crippen LogP contribution in [0.3, 0.4) is 0 Å². The van der Waals surface area contributed by atoms with Crippen LogP contribution in [0.4, 0.5) is 9.93 Å². The number of thiazole rings is 1. The van der Waals surface area contributed by atoms with Gasteiger partial charge in [-0.3, -0.25) is 14.4 Å². The van der Waals surface area contributed by atoms with Crippen LogP contribution in [0.25, 0.3) is 22.3 Å². The molecule has 2 saturated carbocycles. The van der Waals surface area contributed by atoms with Gasteiger partial charge in [-0.2, -0.15) is 0 Å². The number of anilines is 1. The molecule has 1 aromatic carbocycles. The van der Waals surface area contributed by atoms with E-state index in [0.717, 1.165) is 25.7 Å². The second-order valence-electron chi connectivity index (χ2n) is 17.8. The molecule has 3 heterocycles. The van der Waals surface area contributed by atoms with Gasteiger partial charge in [0, 0.05) is 41.7 Å². The number of carbonyl (C=O) groups is 5. The molecule has 3 aromatic rings. The normalized spacial score (nSPS) is 22.5. The Labute approximate surface area is 342 Å². The van der Waals surface area contributed by atoms with E-state index in [1.807, 2.05) is 41.5 Å². The predicted octanol–water partition coefficient (Wildman–Crippen LogP) is 6.32. The first-order chi connectivity index (χ1) is 27.3. The molecular weight excluding hydrogens is 765 g/mol. The summed E-state index contributed by atoms with van der Waals surface area (Å²) in [4.78, 5) is 77.8. The SMILES string of the molecule is C=C[C@@H]1C[C@]1(NC(=O)[C@@H]1C[C@@H](Oc2cc(-c3csc(NC(=O)CC(C)(C)C)n3)nc3cc(OC)ccc23)CN1C(=O)C(NC(=O)OC1CCCC1)C(C)(C)C)C(=O)O. The highest BCUT2D eigenvalue weighted by molar-refractivity contribution is 7.14. The van der Waals surface area contributed by atoms with Crippen molar-refractivity contribution in [3.8, 4) is 22.9 Å². The smallest absolute Gasteiger partial charge is 0.408 e. The molecule has 312 valence electrons. The van der Waals surface area contributed by atoms with Crippen molar-refractivity contribution in [3.63, 3.8) is 0 Å². The van der Waals surface area contributed by atoms with E-state index < -0.39 is 58.9 Å². The minimum Gasteiger partial charge on any atom is -0.497 e. The van der Waals surface area contributed by atoms with Gasteiger partial charge in [0.15, 0.2) is 5.13 Å². The van der Waals surface area contributed by atoms with E-state index in [4.69, 9.17) is 19.2 Å². The maximum atomic E-state index is 14.6. The van der Waals surface area contributed by atoms with Gasteiger partial charge < -0.3 is 40.2 Å². The van der Waals surface area contributed by atoms with E-state index in [2.05, 4.69) is 27.5 Å². The third kappa shape index (κ3) is 9.54. The highest BCUT2D eigenvalue weighted by Crippen LogP contribution is 2.45. The lowest BCUT2D eigenvalue weighted by Crippen LogP contribution is -2.59. The van der Waals surface area contributed by atoms with Crippen molar-refractivity contribution >= 4 is 57.2 Å². The third-order valence-electron chi connectivity index (χ3n) is 10.8. The summed E-state index contributed by atoms with van der Waals surface area (Å²) in [6.07, 6.45) is 3.73. The molecule has 4 amide bonds. The standard InChI is InChI=1S/C42H54N6O9S/c1-9-23-19-42(23,37(52)53)47-35(50)31-17-26(21-48(31)36(51)34(41(5,6)7)46-39(54)57-24-12-10-11-13-24)56-32-18-29(43-28-16-25(55-8)14-15-27(28)32)30-22-58-38(44-30)45-33(49)20-40(2,3)4/h9,14-16,18,22-24,26,31,34H,1,10-13,17,19-21H2,2-8H3,(H,46,54)(H,47,50)(H,52,53)(H,44,45,49)/t23-,26-,31+,34?,42-/m1/s1. The Bertz CT molecular complexity index is 2080. The molecule has 1 aliphatic heterocycles. The van der Waals surface area contributed by atoms with Gasteiger partial charge >= 0.3 is 12.1 Å². The second-order valence-corrected chi connectivity index (χ2v) is 18.6. The van der Waals surface area contributed by atoms with Crippen LogP contribution in [0, 0.1) is 16.7 Å². The first-order valence-electron chi connectivity index (χ1n) is 19.7. The molecule has 15 nitrogen and oxygen atoms in total. The van der Waals surface area contributed by atoms with Gasteiger partial charge in [-0.1, -0.05) is 47.6 Å². The van der Waals surface area contributed by atoms with Gasteiger partial charge in [-0.05, 0) is 55.1 Å². The van der Waals surface area contributed by atoms with Crippen LogP contribution in [0.1, 0.15) is 86.5 Å². The summed E-state index contributed by atoms with van der Waals surface area (Å²) in [5.74, 6) is -2.05. The summed E-state index contributed by atoms with van der Waals surface area (Å²) in [7, 11) is 1.55. The van der Waals surface area contributed by atoms with E-state index in [-0.39, 0.29) is 36.8 Å². The summed E-state index contributed by atoms with van der Waals surface area (Å²) in [5, 5.41) is 21.3. The van der Waals surface area contributed by atoms with E-state index in [1.165, 1.54) is 22.3 Å². The van der Waals surface area contributed by atoms with Gasteiger partial charge in [0.25, 0.3) is 0 Å². The molecule has 0 radical (unpaired) electrons. The molecular formula is C42H54N6O9S. The number of aromatic nitrogens is 2. The number of fused-ring (bicyclic) bond motifs is 1. The number of carboxylic acid groups (broad SMARTS) is 1. The van der Waals surface area contributed by atoms with Crippen LogP contribution in [0.15, 0.2) is 42.3 Å². The summed E-state index contributed by atoms with van der Waals surface area (Å²) < 4.78 is 17.8. The molecule has 0 spiro atoms. The predicted molar refractivity (Wildman–Crippen MR) is 219 cm³/mol. The summed E-state index contributed by atoms with van der Waals surface area (Å²) in [6, 6.07) is 4.82. The minimum absolute atomic E-state index is 0.0192. The van der Waals surface area contributed by atoms with Gasteiger partial charge in [-0.25, -0.2) is 19.6 Å². The molecule has 2 aliphatic carbocycles. The van der Waals surface area contributed by atoms with Crippen molar-refractivity contribution in [1.82, 2.24) is 25.5 Å². The maximum absolute atomic E-state index is 14.6. The molecule has 58 heavy (non-hydrogen) atoms. The van der Waals surface area contributed by atoms with Crippen molar-refractivity contribution in [2.24, 2.45) is 16.7 Å². The molecule has 6 rings (SSSR count). The van der Waals surface area contributed by atoms with Crippen molar-refractivity contribution < 1.29 is 43.3 Å². The lowest BCUT2D eigenvalue weighted by molar-refractivity contribution is -0.146. The van der Waals surface area contributed by atoms with Gasteiger partial charge in [0.1, 0.15) is 47.0 Å². The fourth-order valence-electron chi connectivity index (χ4n) is 7.62. The van der Waals surface area contributed by atoms with Gasteiger partial charge in [0.2, 0.25) is 17.7 Å². The Morgan fingerprint density at radius 2 is 1.78 bits per heavy atom. The monoisotopic (exact) mass is 818 g/mol. The molecule has 4 N–H and O–H groups in total. The summed E-state index contributed by atoms with van der Waals surface area (Å²) in [5.41, 5.74) is -1.06. The van der Waals surface area contributed by atoms with E-state index in [1.54, 1.807) is 36.8 Å². The third-order valence-corrected chi connectivity index (χ3v) is 11.6. The van der Waals surface area contributed by atoms with Crippen LogP contribution in [-0.4, -0.2) is 93.2 Å². The number of hydrogen-bond donors (Lipinski definition) is 4. The lowest BCUT2D eigenvalue weighted by Gasteiger charge is -2.35. The Morgan fingerprint density at radius 1 is 1.05 bits per heavy atom. The van der Waals surface area contributed by atoms with Crippen molar-refractivity contribution in [1.29, 1.82) is 0 Å². The number of alkyl carbamates (subject to hydrolysis) is 1. The zero-order valence-electron chi connectivity index (χ0n) is 34.2. The molecule has 1 unspecified atom stereocenters. The van der Waals surface area contributed by atoms with E-state index in [9.17, 15) is 29.1 Å². The van der Waals surface area contributed by atoms with Crippen molar-refractivity contribution in [2.45, 2.75) is 116 Å². The molecule has 5 atom stereocenters. The Hall–Kier alpha value is -5.25. The number of amides is 4. The average molecular weight is 819 g/mol. The molecule has 0 bridgehead atoms. The fraction of sp³-hybridized carbons (Fsp3) is 0.548. The number of nitrogens with zero attached hydrogens (tertiary/aromatic N) is 3.